The number of rotatable bonds is 2. The summed E-state index contributed by atoms with van der Waals surface area (Å²) in [6.45, 7) is 0. The minimum absolute atomic E-state index is 0.0258. The molecular formula is C23H22O2. The molecule has 2 aromatic carbocycles. The third-order valence-electron chi connectivity index (χ3n) is 6.89. The van der Waals surface area contributed by atoms with Gasteiger partial charge in [0.2, 0.25) is 0 Å². The van der Waals surface area contributed by atoms with Crippen molar-refractivity contribution < 1.29 is 9.59 Å². The first-order valence-electron chi connectivity index (χ1n) is 9.42. The summed E-state index contributed by atoms with van der Waals surface area (Å²) in [6, 6.07) is 20.5. The van der Waals surface area contributed by atoms with E-state index >= 15 is 0 Å². The number of hydrogen-bond donors (Lipinski definition) is 0. The van der Waals surface area contributed by atoms with Crippen LogP contribution in [0.4, 0.5) is 0 Å². The van der Waals surface area contributed by atoms with Crippen LogP contribution >= 0.6 is 0 Å². The molecule has 0 N–H and O–H groups in total. The number of hydrogen-bond acceptors (Lipinski definition) is 2. The quantitative estimate of drug-likeness (QED) is 0.819. The van der Waals surface area contributed by atoms with Crippen LogP contribution in [0.25, 0.3) is 0 Å². The van der Waals surface area contributed by atoms with Crippen LogP contribution in [-0.2, 0) is 9.59 Å². The molecule has 0 saturated heterocycles. The highest BCUT2D eigenvalue weighted by Crippen LogP contribution is 2.60. The van der Waals surface area contributed by atoms with E-state index < -0.39 is 0 Å². The Morgan fingerprint density at radius 2 is 1.28 bits per heavy atom. The van der Waals surface area contributed by atoms with Crippen molar-refractivity contribution >= 4 is 11.6 Å². The lowest BCUT2D eigenvalue weighted by Crippen LogP contribution is -2.57. The molecular weight excluding hydrogens is 308 g/mol. The molecule has 4 saturated carbocycles. The van der Waals surface area contributed by atoms with Gasteiger partial charge in [0.1, 0.15) is 11.6 Å². The minimum Gasteiger partial charge on any atom is -0.299 e. The fraction of sp³-hybridized carbons (Fsp3) is 0.391. The fourth-order valence-corrected chi connectivity index (χ4v) is 5.98. The predicted octanol–water partition coefficient (Wildman–Crippen LogP) is 4.37. The molecule has 2 aromatic rings. The second-order valence-electron chi connectivity index (χ2n) is 7.93. The van der Waals surface area contributed by atoms with Crippen LogP contribution in [-0.4, -0.2) is 11.6 Å². The van der Waals surface area contributed by atoms with Gasteiger partial charge in [-0.3, -0.25) is 9.59 Å². The lowest BCUT2D eigenvalue weighted by atomic mass is 9.45. The van der Waals surface area contributed by atoms with Crippen LogP contribution in [0.15, 0.2) is 60.7 Å². The van der Waals surface area contributed by atoms with Gasteiger partial charge in [-0.1, -0.05) is 60.7 Å². The van der Waals surface area contributed by atoms with Gasteiger partial charge in [-0.05, 0) is 29.9 Å². The van der Waals surface area contributed by atoms with E-state index in [1.807, 2.05) is 36.4 Å². The summed E-state index contributed by atoms with van der Waals surface area (Å²) >= 11 is 0. The number of benzene rings is 2. The highest BCUT2D eigenvalue weighted by Gasteiger charge is 2.60. The summed E-state index contributed by atoms with van der Waals surface area (Å²) in [5.41, 5.74) is 2.34. The second kappa shape index (κ2) is 5.66. The van der Waals surface area contributed by atoms with Crippen LogP contribution in [0.3, 0.4) is 0 Å². The third kappa shape index (κ3) is 2.16. The van der Waals surface area contributed by atoms with Gasteiger partial charge in [0.05, 0.1) is 0 Å². The van der Waals surface area contributed by atoms with E-state index in [1.54, 1.807) is 0 Å². The SMILES string of the molecule is O=C1C2CCC3C1C(c1ccccc1)CC(=O)C3C2c1ccccc1. The predicted molar refractivity (Wildman–Crippen MR) is 96.2 cm³/mol. The largest absolute Gasteiger partial charge is 0.299 e. The molecule has 2 heteroatoms. The molecule has 0 amide bonds. The topological polar surface area (TPSA) is 34.1 Å². The van der Waals surface area contributed by atoms with E-state index in [4.69, 9.17) is 0 Å². The molecule has 0 aromatic heterocycles. The Labute approximate surface area is 148 Å². The zero-order chi connectivity index (χ0) is 17.0. The molecule has 4 bridgehead atoms. The van der Waals surface area contributed by atoms with E-state index in [9.17, 15) is 9.59 Å². The van der Waals surface area contributed by atoms with Crippen LogP contribution < -0.4 is 0 Å². The zero-order valence-corrected chi connectivity index (χ0v) is 14.2. The molecule has 4 aliphatic rings. The first-order chi connectivity index (χ1) is 12.3. The van der Waals surface area contributed by atoms with E-state index in [2.05, 4.69) is 24.3 Å². The summed E-state index contributed by atoms with van der Waals surface area (Å²) in [7, 11) is 0. The number of Topliss-reactive ketones (excluding diaryl/α,β-unsaturated/α-hetero) is 2. The van der Waals surface area contributed by atoms with Crippen LogP contribution in [0, 0.1) is 23.7 Å². The van der Waals surface area contributed by atoms with Gasteiger partial charge in [-0.2, -0.15) is 0 Å². The standard InChI is InChI=1S/C23H22O2/c24-19-13-18(14-7-3-1-4-8-14)21-16-11-12-17(23(21)25)20(22(16)19)15-9-5-2-6-10-15/h1-10,16-18,20-22H,11-13H2. The van der Waals surface area contributed by atoms with E-state index in [-0.39, 0.29) is 35.5 Å². The van der Waals surface area contributed by atoms with Gasteiger partial charge >= 0.3 is 0 Å². The van der Waals surface area contributed by atoms with Crippen molar-refractivity contribution in [2.24, 2.45) is 23.7 Å². The first-order valence-corrected chi connectivity index (χ1v) is 9.42. The molecule has 6 atom stereocenters. The van der Waals surface area contributed by atoms with E-state index in [0.29, 0.717) is 18.0 Å². The van der Waals surface area contributed by atoms with Crippen molar-refractivity contribution in [2.75, 3.05) is 0 Å². The zero-order valence-electron chi connectivity index (χ0n) is 14.2. The number of ketones is 2. The Bertz CT molecular complexity index is 809. The van der Waals surface area contributed by atoms with E-state index in [0.717, 1.165) is 18.4 Å². The first kappa shape index (κ1) is 15.1. The van der Waals surface area contributed by atoms with Crippen LogP contribution in [0.5, 0.6) is 0 Å². The molecule has 6 unspecified atom stereocenters. The third-order valence-corrected chi connectivity index (χ3v) is 6.89. The second-order valence-corrected chi connectivity index (χ2v) is 7.93. The summed E-state index contributed by atoms with van der Waals surface area (Å²) < 4.78 is 0. The summed E-state index contributed by atoms with van der Waals surface area (Å²) in [6.07, 6.45) is 2.51. The van der Waals surface area contributed by atoms with Crippen molar-refractivity contribution in [2.45, 2.75) is 31.1 Å². The van der Waals surface area contributed by atoms with Gasteiger partial charge in [0, 0.05) is 36.0 Å². The van der Waals surface area contributed by atoms with Crippen molar-refractivity contribution in [3.63, 3.8) is 0 Å². The number of carbonyl (C=O) groups excluding carboxylic acids is 2. The molecule has 0 heterocycles. The Hall–Kier alpha value is -2.22. The Balaban J connectivity index is 1.58. The van der Waals surface area contributed by atoms with Crippen molar-refractivity contribution in [1.29, 1.82) is 0 Å². The molecule has 2 nitrogen and oxygen atoms in total. The van der Waals surface area contributed by atoms with Crippen LogP contribution in [0.1, 0.15) is 42.2 Å². The van der Waals surface area contributed by atoms with Crippen LogP contribution in [0.2, 0.25) is 0 Å². The van der Waals surface area contributed by atoms with Gasteiger partial charge in [0.15, 0.2) is 0 Å². The Kier molecular flexibility index (Phi) is 3.41. The fourth-order valence-electron chi connectivity index (χ4n) is 5.98. The van der Waals surface area contributed by atoms with Crippen molar-refractivity contribution in [1.82, 2.24) is 0 Å². The maximum absolute atomic E-state index is 13.4. The van der Waals surface area contributed by atoms with E-state index in [1.165, 1.54) is 5.56 Å². The van der Waals surface area contributed by atoms with Gasteiger partial charge in [-0.15, -0.1) is 0 Å². The molecule has 6 rings (SSSR count). The lowest BCUT2D eigenvalue weighted by Gasteiger charge is -2.56. The average molecular weight is 330 g/mol. The van der Waals surface area contributed by atoms with Crippen molar-refractivity contribution in [3.8, 4) is 0 Å². The molecule has 25 heavy (non-hydrogen) atoms. The molecule has 0 radical (unpaired) electrons. The maximum Gasteiger partial charge on any atom is 0.140 e. The Morgan fingerprint density at radius 3 is 1.96 bits per heavy atom. The minimum atomic E-state index is 0.0258. The van der Waals surface area contributed by atoms with Gasteiger partial charge < -0.3 is 0 Å². The van der Waals surface area contributed by atoms with Gasteiger partial charge in [-0.25, -0.2) is 0 Å². The summed E-state index contributed by atoms with van der Waals surface area (Å²) in [5.74, 6) is 1.33. The van der Waals surface area contributed by atoms with Gasteiger partial charge in [0.25, 0.3) is 0 Å². The molecule has 4 aliphatic carbocycles. The summed E-state index contributed by atoms with van der Waals surface area (Å²) in [5, 5.41) is 0. The highest BCUT2D eigenvalue weighted by molar-refractivity contribution is 5.95. The molecule has 4 fully saturated rings. The monoisotopic (exact) mass is 330 g/mol. The molecule has 0 aliphatic heterocycles. The molecule has 126 valence electrons. The Morgan fingerprint density at radius 1 is 0.640 bits per heavy atom. The molecule has 0 spiro atoms. The normalized spacial score (nSPS) is 36.5. The summed E-state index contributed by atoms with van der Waals surface area (Å²) in [4.78, 5) is 26.5. The number of carbonyl (C=O) groups is 2. The maximum atomic E-state index is 13.4. The number of fused-ring (bicyclic) bond motifs is 1. The highest BCUT2D eigenvalue weighted by atomic mass is 16.1. The smallest absolute Gasteiger partial charge is 0.140 e. The average Bonchev–Trinajstić information content (AvgIpc) is 2.67. The van der Waals surface area contributed by atoms with Crippen molar-refractivity contribution in [3.05, 3.63) is 71.8 Å². The lowest BCUT2D eigenvalue weighted by molar-refractivity contribution is -0.154.